The van der Waals surface area contributed by atoms with Crippen LogP contribution in [0.2, 0.25) is 0 Å². The number of hydrogen-bond donors (Lipinski definition) is 1. The van der Waals surface area contributed by atoms with Crippen LogP contribution in [0.3, 0.4) is 0 Å². The maximum Gasteiger partial charge on any atom is 0.416 e. The molecule has 0 spiro atoms. The van der Waals surface area contributed by atoms with Crippen molar-refractivity contribution in [2.24, 2.45) is 0 Å². The van der Waals surface area contributed by atoms with Crippen LogP contribution < -0.4 is 4.90 Å². The molecule has 2 atom stereocenters. The van der Waals surface area contributed by atoms with Crippen LogP contribution in [0.25, 0.3) is 0 Å². The van der Waals surface area contributed by atoms with E-state index in [0.29, 0.717) is 6.07 Å². The van der Waals surface area contributed by atoms with Gasteiger partial charge in [-0.2, -0.15) is 18.2 Å². The first-order valence-corrected chi connectivity index (χ1v) is 5.65. The number of rotatable bonds is 2. The topological polar surface area (TPSA) is 65.9 Å². The zero-order chi connectivity index (χ0) is 15.1. The van der Waals surface area contributed by atoms with Gasteiger partial charge in [0.2, 0.25) is 0 Å². The number of nitrogens with zero attached hydrogens (tertiary/aromatic N) is 3. The number of carbonyl (C=O) groups is 1. The van der Waals surface area contributed by atoms with Gasteiger partial charge in [-0.3, -0.25) is 4.84 Å². The average Bonchev–Trinajstić information content (AvgIpc) is 2.59. The predicted octanol–water partition coefficient (Wildman–Crippen LogP) is 1.61. The van der Waals surface area contributed by atoms with Gasteiger partial charge >= 0.3 is 12.2 Å². The third-order valence-corrected chi connectivity index (χ3v) is 2.98. The number of urea groups is 1. The molecular weight excluding hydrogens is 279 g/mol. The lowest BCUT2D eigenvalue weighted by molar-refractivity contribution is -0.137. The molecule has 1 aromatic rings. The Morgan fingerprint density at radius 3 is 2.60 bits per heavy atom. The molecule has 1 aliphatic rings. The Bertz CT molecular complexity index is 523. The Morgan fingerprint density at radius 2 is 2.10 bits per heavy atom. The second-order valence-electron chi connectivity index (χ2n) is 4.22. The smallest absolute Gasteiger partial charge is 0.371 e. The zero-order valence-corrected chi connectivity index (χ0v) is 10.6. The summed E-state index contributed by atoms with van der Waals surface area (Å²) in [6.07, 6.45) is -4.98. The Kier molecular flexibility index (Phi) is 3.57. The number of aliphatic hydroxyl groups excluding tert-OH is 1. The van der Waals surface area contributed by atoms with Crippen molar-refractivity contribution in [1.82, 2.24) is 10.0 Å². The van der Waals surface area contributed by atoms with E-state index in [4.69, 9.17) is 4.84 Å². The summed E-state index contributed by atoms with van der Waals surface area (Å²) in [7, 11) is 1.23. The molecule has 1 aliphatic heterocycles. The van der Waals surface area contributed by atoms with E-state index < -0.39 is 30.0 Å². The Balaban J connectivity index is 2.39. The number of alkyl halides is 3. The van der Waals surface area contributed by atoms with Crippen molar-refractivity contribution in [2.45, 2.75) is 25.4 Å². The molecule has 0 aromatic carbocycles. The Hall–Kier alpha value is -1.87. The van der Waals surface area contributed by atoms with Crippen molar-refractivity contribution in [3.05, 3.63) is 23.9 Å². The largest absolute Gasteiger partial charge is 0.416 e. The lowest BCUT2D eigenvalue weighted by Gasteiger charge is -2.19. The van der Waals surface area contributed by atoms with Gasteiger partial charge in [-0.05, 0) is 19.1 Å². The summed E-state index contributed by atoms with van der Waals surface area (Å²) in [5, 5.41) is 10.8. The van der Waals surface area contributed by atoms with Gasteiger partial charge in [0.25, 0.3) is 0 Å². The zero-order valence-electron chi connectivity index (χ0n) is 10.6. The highest BCUT2D eigenvalue weighted by Crippen LogP contribution is 2.33. The Morgan fingerprint density at radius 1 is 1.45 bits per heavy atom. The van der Waals surface area contributed by atoms with Gasteiger partial charge in [-0.1, -0.05) is 0 Å². The second kappa shape index (κ2) is 4.91. The number of amides is 2. The van der Waals surface area contributed by atoms with E-state index in [0.717, 1.165) is 22.2 Å². The van der Waals surface area contributed by atoms with Gasteiger partial charge in [0, 0.05) is 6.20 Å². The molecule has 2 rings (SSSR count). The first kappa shape index (κ1) is 14.5. The molecule has 2 amide bonds. The average molecular weight is 291 g/mol. The molecule has 0 radical (unpaired) electrons. The number of halogens is 3. The molecule has 110 valence electrons. The van der Waals surface area contributed by atoms with Gasteiger partial charge in [-0.15, -0.1) is 0 Å². The van der Waals surface area contributed by atoms with Gasteiger partial charge < -0.3 is 5.11 Å². The van der Waals surface area contributed by atoms with Gasteiger partial charge in [0.05, 0.1) is 12.7 Å². The van der Waals surface area contributed by atoms with Crippen LogP contribution >= 0.6 is 0 Å². The van der Waals surface area contributed by atoms with Crippen molar-refractivity contribution < 1.29 is 27.9 Å². The minimum absolute atomic E-state index is 0.288. The highest BCUT2D eigenvalue weighted by Gasteiger charge is 2.45. The number of aromatic nitrogens is 1. The standard InChI is InChI=1S/C11H12F3N3O3/c1-6-9(18)16(10(19)17(6)20-2)8-5-7(3-4-15-8)11(12,13)14/h3-6,9,18H,1-2H3/t6-,9+/m0/s1. The fourth-order valence-electron chi connectivity index (χ4n) is 1.93. The Labute approximate surface area is 112 Å². The SMILES string of the molecule is CON1C(=O)N(c2cc(C(F)(F)F)ccn2)[C@H](O)[C@@H]1C. The third-order valence-electron chi connectivity index (χ3n) is 2.98. The van der Waals surface area contributed by atoms with Gasteiger partial charge in [-0.25, -0.2) is 14.7 Å². The molecule has 6 nitrogen and oxygen atoms in total. The normalized spacial score (nSPS) is 23.6. The predicted molar refractivity (Wildman–Crippen MR) is 61.4 cm³/mol. The fourth-order valence-corrected chi connectivity index (χ4v) is 1.93. The molecule has 0 saturated carbocycles. The summed E-state index contributed by atoms with van der Waals surface area (Å²) in [6.45, 7) is 1.50. The molecular formula is C11H12F3N3O3. The molecule has 9 heteroatoms. The van der Waals surface area contributed by atoms with Crippen molar-refractivity contribution in [1.29, 1.82) is 0 Å². The highest BCUT2D eigenvalue weighted by molar-refractivity contribution is 5.93. The minimum Gasteiger partial charge on any atom is -0.371 e. The van der Waals surface area contributed by atoms with Crippen molar-refractivity contribution in [3.63, 3.8) is 0 Å². The molecule has 1 fully saturated rings. The van der Waals surface area contributed by atoms with E-state index in [9.17, 15) is 23.1 Å². The van der Waals surface area contributed by atoms with Crippen molar-refractivity contribution in [3.8, 4) is 0 Å². The van der Waals surface area contributed by atoms with Crippen LogP contribution in [0.4, 0.5) is 23.8 Å². The lowest BCUT2D eigenvalue weighted by atomic mass is 10.2. The monoisotopic (exact) mass is 291 g/mol. The number of aliphatic hydroxyl groups is 1. The minimum atomic E-state index is -4.56. The molecule has 1 N–H and O–H groups in total. The van der Waals surface area contributed by atoms with Gasteiger partial charge in [0.1, 0.15) is 11.9 Å². The van der Waals surface area contributed by atoms with E-state index in [1.54, 1.807) is 0 Å². The van der Waals surface area contributed by atoms with Crippen LogP contribution in [0.5, 0.6) is 0 Å². The maximum atomic E-state index is 12.6. The van der Waals surface area contributed by atoms with Crippen LogP contribution in [0.1, 0.15) is 12.5 Å². The first-order chi connectivity index (χ1) is 9.27. The number of hydroxylamine groups is 2. The third kappa shape index (κ3) is 2.29. The summed E-state index contributed by atoms with van der Waals surface area (Å²) in [4.78, 5) is 21.2. The molecule has 0 unspecified atom stereocenters. The van der Waals surface area contributed by atoms with Crippen LogP contribution in [-0.2, 0) is 11.0 Å². The molecule has 20 heavy (non-hydrogen) atoms. The van der Waals surface area contributed by atoms with E-state index in [1.807, 2.05) is 0 Å². The summed E-state index contributed by atoms with van der Waals surface area (Å²) >= 11 is 0. The second-order valence-corrected chi connectivity index (χ2v) is 4.22. The maximum absolute atomic E-state index is 12.6. The molecule has 2 heterocycles. The lowest BCUT2D eigenvalue weighted by Crippen LogP contribution is -2.36. The number of hydrogen-bond acceptors (Lipinski definition) is 4. The van der Waals surface area contributed by atoms with Crippen LogP contribution in [0, 0.1) is 0 Å². The van der Waals surface area contributed by atoms with E-state index in [-0.39, 0.29) is 5.82 Å². The molecule has 0 bridgehead atoms. The van der Waals surface area contributed by atoms with Crippen molar-refractivity contribution in [2.75, 3.05) is 12.0 Å². The number of carbonyl (C=O) groups excluding carboxylic acids is 1. The van der Waals surface area contributed by atoms with Crippen molar-refractivity contribution >= 4 is 11.8 Å². The summed E-state index contributed by atoms with van der Waals surface area (Å²) in [6, 6.07) is -0.0239. The van der Waals surface area contributed by atoms with E-state index in [1.165, 1.54) is 14.0 Å². The summed E-state index contributed by atoms with van der Waals surface area (Å²) < 4.78 is 37.9. The quantitative estimate of drug-likeness (QED) is 0.899. The summed E-state index contributed by atoms with van der Waals surface area (Å²) in [5.74, 6) is -0.288. The molecule has 1 saturated heterocycles. The van der Waals surface area contributed by atoms with Crippen LogP contribution in [-0.4, -0.2) is 40.6 Å². The van der Waals surface area contributed by atoms with E-state index in [2.05, 4.69) is 4.98 Å². The summed E-state index contributed by atoms with van der Waals surface area (Å²) in [5.41, 5.74) is -0.953. The first-order valence-electron chi connectivity index (χ1n) is 5.65. The number of anilines is 1. The highest BCUT2D eigenvalue weighted by atomic mass is 19.4. The van der Waals surface area contributed by atoms with E-state index >= 15 is 0 Å². The number of pyridine rings is 1. The van der Waals surface area contributed by atoms with Crippen LogP contribution in [0.15, 0.2) is 18.3 Å². The molecule has 0 aliphatic carbocycles. The molecule has 1 aromatic heterocycles. The fraction of sp³-hybridized carbons (Fsp3) is 0.455. The van der Waals surface area contributed by atoms with Gasteiger partial charge in [0.15, 0.2) is 6.23 Å².